The van der Waals surface area contributed by atoms with Gasteiger partial charge in [-0.3, -0.25) is 0 Å². The van der Waals surface area contributed by atoms with Crippen LogP contribution in [0.15, 0.2) is 6.07 Å². The molecule has 0 saturated heterocycles. The number of nitrogens with one attached hydrogen (secondary N) is 1. The monoisotopic (exact) mass is 223 g/mol. The number of methoxy groups -OCH3 is 1. The number of aromatic nitrogens is 2. The van der Waals surface area contributed by atoms with Crippen LogP contribution in [-0.4, -0.2) is 23.6 Å². The summed E-state index contributed by atoms with van der Waals surface area (Å²) in [6, 6.07) is 1.81. The maximum Gasteiger partial charge on any atom is 0.226 e. The van der Waals surface area contributed by atoms with Crippen molar-refractivity contribution in [2.24, 2.45) is 5.41 Å². The molecule has 0 saturated carbocycles. The molecule has 0 aromatic carbocycles. The molecule has 0 aliphatic rings. The maximum atomic E-state index is 5.09. The first-order valence-corrected chi connectivity index (χ1v) is 5.54. The van der Waals surface area contributed by atoms with Crippen molar-refractivity contribution in [3.8, 4) is 5.88 Å². The third-order valence-corrected chi connectivity index (χ3v) is 2.20. The second-order valence-electron chi connectivity index (χ2n) is 5.11. The zero-order valence-electron chi connectivity index (χ0n) is 10.8. The van der Waals surface area contributed by atoms with Gasteiger partial charge in [-0.15, -0.1) is 0 Å². The Balaban J connectivity index is 2.57. The number of hydrogen-bond acceptors (Lipinski definition) is 4. The molecule has 0 spiro atoms. The summed E-state index contributed by atoms with van der Waals surface area (Å²) < 4.78 is 5.09. The van der Waals surface area contributed by atoms with Gasteiger partial charge in [0.15, 0.2) is 0 Å². The summed E-state index contributed by atoms with van der Waals surface area (Å²) in [6.07, 6.45) is 1.08. The van der Waals surface area contributed by atoms with E-state index in [0.717, 1.165) is 18.7 Å². The van der Waals surface area contributed by atoms with E-state index in [9.17, 15) is 0 Å². The van der Waals surface area contributed by atoms with Gasteiger partial charge in [-0.1, -0.05) is 20.8 Å². The Morgan fingerprint density at radius 3 is 2.56 bits per heavy atom. The third-order valence-electron chi connectivity index (χ3n) is 2.20. The molecule has 90 valence electrons. The Bertz CT molecular complexity index is 345. The molecule has 0 aliphatic carbocycles. The molecular weight excluding hydrogens is 202 g/mol. The lowest BCUT2D eigenvalue weighted by Crippen LogP contribution is -2.14. The van der Waals surface area contributed by atoms with E-state index in [4.69, 9.17) is 4.74 Å². The van der Waals surface area contributed by atoms with Crippen LogP contribution in [0.25, 0.3) is 0 Å². The topological polar surface area (TPSA) is 47.0 Å². The van der Waals surface area contributed by atoms with Crippen molar-refractivity contribution in [3.63, 3.8) is 0 Å². The fourth-order valence-electron chi connectivity index (χ4n) is 1.27. The average molecular weight is 223 g/mol. The molecule has 1 aromatic heterocycles. The number of anilines is 1. The summed E-state index contributed by atoms with van der Waals surface area (Å²) in [6.45, 7) is 9.44. The highest BCUT2D eigenvalue weighted by molar-refractivity contribution is 5.30. The van der Waals surface area contributed by atoms with Crippen LogP contribution in [0.4, 0.5) is 5.95 Å². The van der Waals surface area contributed by atoms with Gasteiger partial charge in [-0.05, 0) is 18.8 Å². The molecule has 16 heavy (non-hydrogen) atoms. The van der Waals surface area contributed by atoms with Crippen LogP contribution in [0, 0.1) is 12.3 Å². The van der Waals surface area contributed by atoms with E-state index in [1.165, 1.54) is 0 Å². The van der Waals surface area contributed by atoms with E-state index in [1.807, 2.05) is 13.0 Å². The molecule has 4 heteroatoms. The first-order chi connectivity index (χ1) is 7.40. The Hall–Kier alpha value is -1.32. The van der Waals surface area contributed by atoms with Gasteiger partial charge in [0.25, 0.3) is 0 Å². The smallest absolute Gasteiger partial charge is 0.226 e. The van der Waals surface area contributed by atoms with Crippen molar-refractivity contribution in [1.82, 2.24) is 9.97 Å². The van der Waals surface area contributed by atoms with Crippen molar-refractivity contribution in [1.29, 1.82) is 0 Å². The molecule has 1 aromatic rings. The molecule has 4 nitrogen and oxygen atoms in total. The summed E-state index contributed by atoms with van der Waals surface area (Å²) >= 11 is 0. The summed E-state index contributed by atoms with van der Waals surface area (Å²) in [4.78, 5) is 8.53. The van der Waals surface area contributed by atoms with E-state index in [0.29, 0.717) is 17.2 Å². The number of hydrogen-bond donors (Lipinski definition) is 1. The van der Waals surface area contributed by atoms with Gasteiger partial charge in [0.05, 0.1) is 7.11 Å². The molecule has 0 fully saturated rings. The molecule has 0 atom stereocenters. The molecule has 1 rings (SSSR count). The lowest BCUT2D eigenvalue weighted by atomic mass is 9.92. The van der Waals surface area contributed by atoms with Gasteiger partial charge < -0.3 is 10.1 Å². The Labute approximate surface area is 97.5 Å². The molecule has 0 radical (unpaired) electrons. The van der Waals surface area contributed by atoms with Crippen LogP contribution in [0.3, 0.4) is 0 Å². The van der Waals surface area contributed by atoms with E-state index in [2.05, 4.69) is 36.1 Å². The summed E-state index contributed by atoms with van der Waals surface area (Å²) in [7, 11) is 1.61. The van der Waals surface area contributed by atoms with Gasteiger partial charge in [-0.25, -0.2) is 4.98 Å². The zero-order valence-corrected chi connectivity index (χ0v) is 10.8. The first kappa shape index (κ1) is 12.7. The van der Waals surface area contributed by atoms with Crippen molar-refractivity contribution in [2.45, 2.75) is 34.1 Å². The van der Waals surface area contributed by atoms with Crippen molar-refractivity contribution in [2.75, 3.05) is 19.0 Å². The highest BCUT2D eigenvalue weighted by Crippen LogP contribution is 2.18. The summed E-state index contributed by atoms with van der Waals surface area (Å²) in [5.41, 5.74) is 1.23. The molecule has 0 unspecified atom stereocenters. The van der Waals surface area contributed by atoms with E-state index in [1.54, 1.807) is 7.11 Å². The fourth-order valence-corrected chi connectivity index (χ4v) is 1.27. The lowest BCUT2D eigenvalue weighted by Gasteiger charge is -2.18. The van der Waals surface area contributed by atoms with Crippen LogP contribution in [0.5, 0.6) is 5.88 Å². The van der Waals surface area contributed by atoms with Gasteiger partial charge in [0.1, 0.15) is 0 Å². The zero-order chi connectivity index (χ0) is 12.2. The minimum absolute atomic E-state index is 0.320. The van der Waals surface area contributed by atoms with Crippen LogP contribution in [0.2, 0.25) is 0 Å². The number of aryl methyl sites for hydroxylation is 1. The van der Waals surface area contributed by atoms with Crippen LogP contribution in [-0.2, 0) is 0 Å². The second-order valence-corrected chi connectivity index (χ2v) is 5.11. The van der Waals surface area contributed by atoms with E-state index in [-0.39, 0.29) is 0 Å². The minimum Gasteiger partial charge on any atom is -0.481 e. The predicted molar refractivity (Wildman–Crippen MR) is 65.9 cm³/mol. The Morgan fingerprint density at radius 2 is 2.00 bits per heavy atom. The molecule has 0 bridgehead atoms. The largest absolute Gasteiger partial charge is 0.481 e. The van der Waals surface area contributed by atoms with E-state index >= 15 is 0 Å². The molecule has 1 N–H and O–H groups in total. The van der Waals surface area contributed by atoms with Crippen molar-refractivity contribution < 1.29 is 4.74 Å². The Morgan fingerprint density at radius 1 is 1.31 bits per heavy atom. The highest BCUT2D eigenvalue weighted by Gasteiger charge is 2.09. The molecule has 0 amide bonds. The number of ether oxygens (including phenoxy) is 1. The van der Waals surface area contributed by atoms with Gasteiger partial charge in [-0.2, -0.15) is 4.98 Å². The quantitative estimate of drug-likeness (QED) is 0.852. The number of rotatable bonds is 4. The minimum atomic E-state index is 0.320. The van der Waals surface area contributed by atoms with Crippen molar-refractivity contribution in [3.05, 3.63) is 11.8 Å². The SMILES string of the molecule is COc1cc(C)nc(NCCC(C)(C)C)n1. The molecule has 0 aliphatic heterocycles. The van der Waals surface area contributed by atoms with Crippen LogP contribution in [0.1, 0.15) is 32.9 Å². The normalized spacial score (nSPS) is 11.3. The Kier molecular flexibility index (Phi) is 4.10. The average Bonchev–Trinajstić information content (AvgIpc) is 2.14. The van der Waals surface area contributed by atoms with Crippen molar-refractivity contribution >= 4 is 5.95 Å². The van der Waals surface area contributed by atoms with E-state index < -0.39 is 0 Å². The van der Waals surface area contributed by atoms with Gasteiger partial charge >= 0.3 is 0 Å². The van der Waals surface area contributed by atoms with Gasteiger partial charge in [0, 0.05) is 18.3 Å². The third kappa shape index (κ3) is 4.47. The fraction of sp³-hybridized carbons (Fsp3) is 0.667. The first-order valence-electron chi connectivity index (χ1n) is 5.54. The van der Waals surface area contributed by atoms with Crippen LogP contribution < -0.4 is 10.1 Å². The molecule has 1 heterocycles. The number of nitrogens with zero attached hydrogens (tertiary/aromatic N) is 2. The highest BCUT2D eigenvalue weighted by atomic mass is 16.5. The maximum absolute atomic E-state index is 5.09. The summed E-state index contributed by atoms with van der Waals surface area (Å²) in [5.74, 6) is 1.24. The van der Waals surface area contributed by atoms with Gasteiger partial charge in [0.2, 0.25) is 11.8 Å². The standard InChI is InChI=1S/C12H21N3O/c1-9-8-10(16-5)15-11(14-9)13-7-6-12(2,3)4/h8H,6-7H2,1-5H3,(H,13,14,15). The van der Waals surface area contributed by atoms with Crippen LogP contribution >= 0.6 is 0 Å². The lowest BCUT2D eigenvalue weighted by molar-refractivity contribution is 0.388. The second kappa shape index (κ2) is 5.14. The predicted octanol–water partition coefficient (Wildman–Crippen LogP) is 2.64. The summed E-state index contributed by atoms with van der Waals surface area (Å²) in [5, 5.41) is 3.21. The molecular formula is C12H21N3O.